The van der Waals surface area contributed by atoms with Gasteiger partial charge in [-0.15, -0.1) is 10.2 Å². The lowest BCUT2D eigenvalue weighted by atomic mass is 10.2. The van der Waals surface area contributed by atoms with Gasteiger partial charge in [0.05, 0.1) is 0 Å². The van der Waals surface area contributed by atoms with E-state index in [4.69, 9.17) is 16.3 Å². The highest BCUT2D eigenvalue weighted by molar-refractivity contribution is 7.98. The van der Waals surface area contributed by atoms with Gasteiger partial charge >= 0.3 is 0 Å². The number of aryl methyl sites for hydroxylation is 1. The number of halogens is 1. The predicted molar refractivity (Wildman–Crippen MR) is 107 cm³/mol. The molecule has 4 nitrogen and oxygen atoms in total. The molecule has 0 aliphatic rings. The first-order valence-electron chi connectivity index (χ1n) is 8.61. The van der Waals surface area contributed by atoms with Gasteiger partial charge in [-0.2, -0.15) is 0 Å². The van der Waals surface area contributed by atoms with E-state index in [0.29, 0.717) is 0 Å². The third-order valence-electron chi connectivity index (χ3n) is 4.04. The minimum atomic E-state index is -0.182. The van der Waals surface area contributed by atoms with Gasteiger partial charge < -0.3 is 9.30 Å². The van der Waals surface area contributed by atoms with Crippen molar-refractivity contribution in [1.29, 1.82) is 0 Å². The zero-order valence-electron chi connectivity index (χ0n) is 15.1. The summed E-state index contributed by atoms with van der Waals surface area (Å²) < 4.78 is 8.16. The molecule has 0 N–H and O–H groups in total. The highest BCUT2D eigenvalue weighted by atomic mass is 35.5. The summed E-state index contributed by atoms with van der Waals surface area (Å²) in [5.41, 5.74) is 2.26. The average Bonchev–Trinajstić information content (AvgIpc) is 3.04. The van der Waals surface area contributed by atoms with Crippen LogP contribution < -0.4 is 4.74 Å². The summed E-state index contributed by atoms with van der Waals surface area (Å²) in [5.74, 6) is 2.43. The van der Waals surface area contributed by atoms with Gasteiger partial charge in [-0.25, -0.2) is 0 Å². The van der Waals surface area contributed by atoms with E-state index in [9.17, 15) is 0 Å². The molecular formula is C20H22ClN3OS. The van der Waals surface area contributed by atoms with Crippen LogP contribution in [0.15, 0.2) is 53.7 Å². The Bertz CT molecular complexity index is 881. The van der Waals surface area contributed by atoms with Crippen LogP contribution in [-0.4, -0.2) is 14.8 Å². The zero-order valence-corrected chi connectivity index (χ0v) is 16.7. The Morgan fingerprint density at radius 1 is 1.15 bits per heavy atom. The van der Waals surface area contributed by atoms with Gasteiger partial charge in [-0.3, -0.25) is 0 Å². The van der Waals surface area contributed by atoms with Gasteiger partial charge in [0.15, 0.2) is 17.1 Å². The number of benzene rings is 2. The molecule has 1 heterocycles. The lowest BCUT2D eigenvalue weighted by molar-refractivity contribution is 0.210. The highest BCUT2D eigenvalue weighted by Crippen LogP contribution is 2.28. The van der Waals surface area contributed by atoms with Gasteiger partial charge in [0.2, 0.25) is 0 Å². The van der Waals surface area contributed by atoms with Crippen molar-refractivity contribution in [1.82, 2.24) is 14.8 Å². The van der Waals surface area contributed by atoms with E-state index in [1.165, 1.54) is 5.56 Å². The lowest BCUT2D eigenvalue weighted by Gasteiger charge is -2.16. The molecule has 6 heteroatoms. The van der Waals surface area contributed by atoms with E-state index in [1.807, 2.05) is 49.4 Å². The average molecular weight is 388 g/mol. The molecule has 26 heavy (non-hydrogen) atoms. The second kappa shape index (κ2) is 8.60. The molecule has 0 aliphatic carbocycles. The Balaban J connectivity index is 1.74. The number of nitrogens with zero attached hydrogens (tertiary/aromatic N) is 3. The van der Waals surface area contributed by atoms with Crippen LogP contribution in [0.3, 0.4) is 0 Å². The normalized spacial score (nSPS) is 12.2. The Labute approximate surface area is 163 Å². The fourth-order valence-electron chi connectivity index (χ4n) is 2.71. The maximum Gasteiger partial charge on any atom is 0.191 e. The Kier molecular flexibility index (Phi) is 6.22. The molecule has 2 aromatic carbocycles. The topological polar surface area (TPSA) is 39.9 Å². The molecule has 0 saturated heterocycles. The number of hydrogen-bond donors (Lipinski definition) is 0. The van der Waals surface area contributed by atoms with Crippen molar-refractivity contribution in [2.45, 2.75) is 44.3 Å². The first-order chi connectivity index (χ1) is 12.6. The summed E-state index contributed by atoms with van der Waals surface area (Å²) in [7, 11) is 0. The lowest BCUT2D eigenvalue weighted by Crippen LogP contribution is -2.12. The van der Waals surface area contributed by atoms with Crippen molar-refractivity contribution in [3.05, 3.63) is 70.5 Å². The van der Waals surface area contributed by atoms with E-state index in [0.717, 1.165) is 39.6 Å². The van der Waals surface area contributed by atoms with Crippen molar-refractivity contribution >= 4 is 23.4 Å². The van der Waals surface area contributed by atoms with E-state index >= 15 is 0 Å². The Morgan fingerprint density at radius 3 is 2.69 bits per heavy atom. The number of hydrogen-bond acceptors (Lipinski definition) is 4. The van der Waals surface area contributed by atoms with Crippen LogP contribution >= 0.6 is 23.4 Å². The molecule has 0 radical (unpaired) electrons. The number of aromatic nitrogens is 3. The first-order valence-corrected chi connectivity index (χ1v) is 9.97. The summed E-state index contributed by atoms with van der Waals surface area (Å²) in [6.45, 7) is 6.93. The van der Waals surface area contributed by atoms with E-state index in [1.54, 1.807) is 11.8 Å². The maximum absolute atomic E-state index is 6.25. The minimum Gasteiger partial charge on any atom is -0.483 e. The van der Waals surface area contributed by atoms with Crippen molar-refractivity contribution in [3.8, 4) is 5.75 Å². The summed E-state index contributed by atoms with van der Waals surface area (Å²) in [6.07, 6.45) is -0.182. The summed E-state index contributed by atoms with van der Waals surface area (Å²) in [6, 6.07) is 15.9. The molecule has 3 rings (SSSR count). The maximum atomic E-state index is 6.25. The van der Waals surface area contributed by atoms with Crippen LogP contribution in [0.1, 0.15) is 36.9 Å². The number of rotatable bonds is 7. The molecule has 0 spiro atoms. The fraction of sp³-hybridized carbons (Fsp3) is 0.300. The monoisotopic (exact) mass is 387 g/mol. The summed E-state index contributed by atoms with van der Waals surface area (Å²) in [4.78, 5) is 0. The molecule has 1 unspecified atom stereocenters. The van der Waals surface area contributed by atoms with Crippen LogP contribution in [0.4, 0.5) is 0 Å². The van der Waals surface area contributed by atoms with Crippen LogP contribution in [0.2, 0.25) is 5.02 Å². The van der Waals surface area contributed by atoms with Gasteiger partial charge in [-0.1, -0.05) is 53.7 Å². The van der Waals surface area contributed by atoms with Crippen LogP contribution in [0, 0.1) is 6.92 Å². The van der Waals surface area contributed by atoms with Gasteiger partial charge in [-0.05, 0) is 50.1 Å². The molecule has 1 atom stereocenters. The molecule has 0 saturated carbocycles. The summed E-state index contributed by atoms with van der Waals surface area (Å²) >= 11 is 7.88. The van der Waals surface area contributed by atoms with Crippen molar-refractivity contribution in [2.75, 3.05) is 0 Å². The second-order valence-electron chi connectivity index (χ2n) is 6.04. The molecule has 0 amide bonds. The largest absolute Gasteiger partial charge is 0.483 e. The minimum absolute atomic E-state index is 0.182. The Hall–Kier alpha value is -1.98. The van der Waals surface area contributed by atoms with Crippen LogP contribution in [-0.2, 0) is 12.3 Å². The second-order valence-corrected chi connectivity index (χ2v) is 7.39. The summed E-state index contributed by atoms with van der Waals surface area (Å²) in [5, 5.41) is 10.4. The molecule has 0 aliphatic heterocycles. The van der Waals surface area contributed by atoms with E-state index < -0.39 is 0 Å². The smallest absolute Gasteiger partial charge is 0.191 e. The molecule has 1 aromatic heterocycles. The number of ether oxygens (including phenoxy) is 1. The first kappa shape index (κ1) is 18.8. The Morgan fingerprint density at radius 2 is 1.96 bits per heavy atom. The van der Waals surface area contributed by atoms with Gasteiger partial charge in [0.1, 0.15) is 5.75 Å². The van der Waals surface area contributed by atoms with Crippen molar-refractivity contribution in [2.24, 2.45) is 0 Å². The third-order valence-corrected chi connectivity index (χ3v) is 5.43. The highest BCUT2D eigenvalue weighted by Gasteiger charge is 2.19. The number of thioether (sulfide) groups is 1. The van der Waals surface area contributed by atoms with Crippen molar-refractivity contribution < 1.29 is 4.74 Å². The van der Waals surface area contributed by atoms with E-state index in [2.05, 4.69) is 34.7 Å². The van der Waals surface area contributed by atoms with Crippen molar-refractivity contribution in [3.63, 3.8) is 0 Å². The third kappa shape index (κ3) is 4.40. The quantitative estimate of drug-likeness (QED) is 0.488. The fourth-order valence-corrected chi connectivity index (χ4v) is 4.00. The van der Waals surface area contributed by atoms with Crippen LogP contribution in [0.5, 0.6) is 5.75 Å². The zero-order chi connectivity index (χ0) is 18.5. The SMILES string of the molecule is CCn1c(SCc2ccccc2Cl)nnc1C(C)Oc1cccc(C)c1. The standard InChI is InChI=1S/C20H22ClN3OS/c1-4-24-19(15(3)25-17-10-7-8-14(2)12-17)22-23-20(24)26-13-16-9-5-6-11-18(16)21/h5-12,15H,4,13H2,1-3H3. The molecule has 3 aromatic rings. The molecular weight excluding hydrogens is 366 g/mol. The molecule has 0 bridgehead atoms. The van der Waals surface area contributed by atoms with Gasteiger partial charge in [0.25, 0.3) is 0 Å². The molecule has 0 fully saturated rings. The van der Waals surface area contributed by atoms with E-state index in [-0.39, 0.29) is 6.10 Å². The molecule has 136 valence electrons. The predicted octanol–water partition coefficient (Wildman–Crippen LogP) is 5.69. The van der Waals surface area contributed by atoms with Crippen LogP contribution in [0.25, 0.3) is 0 Å². The van der Waals surface area contributed by atoms with Gasteiger partial charge in [0, 0.05) is 17.3 Å².